The van der Waals surface area contributed by atoms with E-state index in [4.69, 9.17) is 11.5 Å². The molecule has 0 aromatic carbocycles. The second-order valence-corrected chi connectivity index (χ2v) is 5.65. The van der Waals surface area contributed by atoms with Gasteiger partial charge in [0.15, 0.2) is 5.65 Å². The van der Waals surface area contributed by atoms with Crippen molar-refractivity contribution in [3.8, 4) is 0 Å². The summed E-state index contributed by atoms with van der Waals surface area (Å²) in [5.74, 6) is 0.971. The van der Waals surface area contributed by atoms with Crippen LogP contribution in [0.15, 0.2) is 25.0 Å². The maximum absolute atomic E-state index is 6.23. The number of fused-ring (bicyclic) bond motifs is 1. The highest BCUT2D eigenvalue weighted by Gasteiger charge is 2.26. The molecule has 3 rings (SSSR count). The van der Waals surface area contributed by atoms with E-state index < -0.39 is 0 Å². The van der Waals surface area contributed by atoms with Gasteiger partial charge in [0.2, 0.25) is 0 Å². The fourth-order valence-electron chi connectivity index (χ4n) is 3.14. The Kier molecular flexibility index (Phi) is 3.79. The molecule has 1 saturated carbocycles. The first-order chi connectivity index (χ1) is 10.2. The maximum atomic E-state index is 6.23. The lowest BCUT2D eigenvalue weighted by atomic mass is 9.81. The number of imidazole rings is 1. The van der Waals surface area contributed by atoms with Gasteiger partial charge in [-0.1, -0.05) is 6.08 Å². The Morgan fingerprint density at radius 1 is 1.38 bits per heavy atom. The highest BCUT2D eigenvalue weighted by Crippen LogP contribution is 2.39. The Balaban J connectivity index is 2.06. The second-order valence-electron chi connectivity index (χ2n) is 5.65. The molecule has 0 atom stereocenters. The molecule has 0 radical (unpaired) electrons. The number of hydrogen-bond donors (Lipinski definition) is 3. The van der Waals surface area contributed by atoms with E-state index in [1.165, 1.54) is 0 Å². The smallest absolute Gasteiger partial charge is 0.177 e. The molecule has 6 heteroatoms. The van der Waals surface area contributed by atoms with Crippen LogP contribution in [0.4, 0.5) is 11.5 Å². The summed E-state index contributed by atoms with van der Waals surface area (Å²) < 4.78 is 1.72. The van der Waals surface area contributed by atoms with Gasteiger partial charge in [-0.3, -0.25) is 0 Å². The van der Waals surface area contributed by atoms with E-state index in [1.54, 1.807) is 10.7 Å². The molecule has 0 unspecified atom stereocenters. The Bertz CT molecular complexity index is 639. The van der Waals surface area contributed by atoms with E-state index in [9.17, 15) is 0 Å². The third kappa shape index (κ3) is 2.58. The van der Waals surface area contributed by atoms with Crippen LogP contribution in [0.2, 0.25) is 0 Å². The van der Waals surface area contributed by atoms with Crippen LogP contribution >= 0.6 is 0 Å². The Labute approximate surface area is 124 Å². The molecule has 0 spiro atoms. The first kappa shape index (κ1) is 13.9. The molecule has 5 N–H and O–H groups in total. The number of anilines is 2. The van der Waals surface area contributed by atoms with E-state index in [0.29, 0.717) is 24.3 Å². The van der Waals surface area contributed by atoms with Crippen molar-refractivity contribution in [3.63, 3.8) is 0 Å². The molecule has 6 nitrogen and oxygen atoms in total. The predicted octanol–water partition coefficient (Wildman–Crippen LogP) is 1.89. The van der Waals surface area contributed by atoms with Crippen molar-refractivity contribution < 1.29 is 0 Å². The van der Waals surface area contributed by atoms with Crippen molar-refractivity contribution in [2.75, 3.05) is 17.6 Å². The monoisotopic (exact) mass is 286 g/mol. The first-order valence-electron chi connectivity index (χ1n) is 7.43. The third-order valence-corrected chi connectivity index (χ3v) is 4.21. The molecule has 0 aliphatic heterocycles. The van der Waals surface area contributed by atoms with Crippen LogP contribution in [0.1, 0.15) is 37.2 Å². The average molecular weight is 286 g/mol. The van der Waals surface area contributed by atoms with E-state index in [0.717, 1.165) is 42.6 Å². The molecule has 2 heterocycles. The van der Waals surface area contributed by atoms with Gasteiger partial charge in [-0.2, -0.15) is 0 Å². The molecule has 1 aliphatic carbocycles. The molecular formula is C15H22N6. The number of rotatable bonds is 4. The summed E-state index contributed by atoms with van der Waals surface area (Å²) >= 11 is 0. The maximum Gasteiger partial charge on any atom is 0.177 e. The number of nitrogens with one attached hydrogen (secondary N) is 1. The number of nitrogens with two attached hydrogens (primary N) is 2. The minimum atomic E-state index is 0.315. The van der Waals surface area contributed by atoms with Crippen LogP contribution in [-0.4, -0.2) is 27.2 Å². The standard InChI is InChI=1S/C15H22N6/c1-2-7-18-13-12(10-3-5-11(16)6-4-10)14(17)20-21-9-8-19-15(13)21/h2,8-11,18H,1,3-7,16H2,(H2,17,20). The van der Waals surface area contributed by atoms with Crippen molar-refractivity contribution in [3.05, 3.63) is 30.6 Å². The molecule has 0 amide bonds. The summed E-state index contributed by atoms with van der Waals surface area (Å²) in [5, 5.41) is 7.82. The predicted molar refractivity (Wildman–Crippen MR) is 85.3 cm³/mol. The molecule has 0 saturated heterocycles. The minimum absolute atomic E-state index is 0.315. The fraction of sp³-hybridized carbons (Fsp3) is 0.467. The quantitative estimate of drug-likeness (QED) is 0.746. The summed E-state index contributed by atoms with van der Waals surface area (Å²) in [7, 11) is 0. The van der Waals surface area contributed by atoms with Crippen LogP contribution in [-0.2, 0) is 0 Å². The van der Waals surface area contributed by atoms with Crippen molar-refractivity contribution in [1.29, 1.82) is 0 Å². The molecule has 1 fully saturated rings. The van der Waals surface area contributed by atoms with E-state index in [-0.39, 0.29) is 0 Å². The SMILES string of the molecule is C=CCNc1c(C2CCC(N)CC2)c(N)nn2ccnc12. The van der Waals surface area contributed by atoms with Gasteiger partial charge in [0.25, 0.3) is 0 Å². The number of hydrogen-bond acceptors (Lipinski definition) is 5. The van der Waals surface area contributed by atoms with Gasteiger partial charge >= 0.3 is 0 Å². The summed E-state index contributed by atoms with van der Waals surface area (Å²) in [6, 6.07) is 0.315. The number of nitrogen functional groups attached to an aromatic ring is 1. The Morgan fingerprint density at radius 3 is 2.86 bits per heavy atom. The highest BCUT2D eigenvalue weighted by molar-refractivity contribution is 5.76. The summed E-state index contributed by atoms with van der Waals surface area (Å²) in [6.07, 6.45) is 9.54. The average Bonchev–Trinajstić information content (AvgIpc) is 2.93. The normalized spacial score (nSPS) is 22.3. The van der Waals surface area contributed by atoms with Crippen molar-refractivity contribution in [2.45, 2.75) is 37.6 Å². The zero-order valence-electron chi connectivity index (χ0n) is 12.1. The van der Waals surface area contributed by atoms with E-state index in [1.807, 2.05) is 12.3 Å². The first-order valence-corrected chi connectivity index (χ1v) is 7.43. The molecule has 1 aliphatic rings. The van der Waals surface area contributed by atoms with Crippen molar-refractivity contribution in [2.24, 2.45) is 5.73 Å². The van der Waals surface area contributed by atoms with E-state index in [2.05, 4.69) is 22.0 Å². The lowest BCUT2D eigenvalue weighted by Crippen LogP contribution is -2.26. The number of nitrogens with zero attached hydrogens (tertiary/aromatic N) is 3. The van der Waals surface area contributed by atoms with Gasteiger partial charge < -0.3 is 16.8 Å². The minimum Gasteiger partial charge on any atom is -0.382 e. The number of aromatic nitrogens is 3. The molecule has 2 aromatic rings. The molecule has 21 heavy (non-hydrogen) atoms. The summed E-state index contributed by atoms with van der Waals surface area (Å²) in [6.45, 7) is 4.44. The largest absolute Gasteiger partial charge is 0.382 e. The second kappa shape index (κ2) is 5.73. The Hall–Kier alpha value is -2.08. The van der Waals surface area contributed by atoms with Gasteiger partial charge in [0.1, 0.15) is 5.82 Å². The molecular weight excluding hydrogens is 264 g/mol. The lowest BCUT2D eigenvalue weighted by Gasteiger charge is -2.28. The van der Waals surface area contributed by atoms with Crippen LogP contribution < -0.4 is 16.8 Å². The summed E-state index contributed by atoms with van der Waals surface area (Å²) in [5.41, 5.74) is 15.1. The van der Waals surface area contributed by atoms with Crippen LogP contribution in [0, 0.1) is 0 Å². The molecule has 112 valence electrons. The van der Waals surface area contributed by atoms with Gasteiger partial charge in [0, 0.05) is 30.5 Å². The highest BCUT2D eigenvalue weighted by atomic mass is 15.3. The lowest BCUT2D eigenvalue weighted by molar-refractivity contribution is 0.396. The van der Waals surface area contributed by atoms with Crippen LogP contribution in [0.25, 0.3) is 5.65 Å². The van der Waals surface area contributed by atoms with Crippen LogP contribution in [0.3, 0.4) is 0 Å². The zero-order chi connectivity index (χ0) is 14.8. The van der Waals surface area contributed by atoms with Crippen molar-refractivity contribution >= 4 is 17.2 Å². The van der Waals surface area contributed by atoms with E-state index >= 15 is 0 Å². The van der Waals surface area contributed by atoms with Gasteiger partial charge in [-0.25, -0.2) is 9.50 Å². The van der Waals surface area contributed by atoms with Gasteiger partial charge in [0.05, 0.1) is 5.69 Å². The van der Waals surface area contributed by atoms with Crippen LogP contribution in [0.5, 0.6) is 0 Å². The Morgan fingerprint density at radius 2 is 2.14 bits per heavy atom. The van der Waals surface area contributed by atoms with Crippen molar-refractivity contribution in [1.82, 2.24) is 14.6 Å². The zero-order valence-corrected chi connectivity index (χ0v) is 12.1. The van der Waals surface area contributed by atoms with Gasteiger partial charge in [-0.15, -0.1) is 11.7 Å². The third-order valence-electron chi connectivity index (χ3n) is 4.21. The topological polar surface area (TPSA) is 94.3 Å². The summed E-state index contributed by atoms with van der Waals surface area (Å²) in [4.78, 5) is 4.41. The molecule has 2 aromatic heterocycles. The van der Waals surface area contributed by atoms with Gasteiger partial charge in [-0.05, 0) is 31.6 Å². The fourth-order valence-corrected chi connectivity index (χ4v) is 3.14. The molecule has 0 bridgehead atoms.